The number of benzene rings is 1. The van der Waals surface area contributed by atoms with Gasteiger partial charge in [0, 0.05) is 18.0 Å². The lowest BCUT2D eigenvalue weighted by Crippen LogP contribution is -2.15. The second-order valence-corrected chi connectivity index (χ2v) is 5.11. The predicted molar refractivity (Wildman–Crippen MR) is 83.3 cm³/mol. The molecule has 0 saturated heterocycles. The lowest BCUT2D eigenvalue weighted by Gasteiger charge is -2.12. The minimum absolute atomic E-state index is 0.0313. The van der Waals surface area contributed by atoms with Crippen molar-refractivity contribution < 1.29 is 4.79 Å². The Labute approximate surface area is 123 Å². The molecule has 0 atom stereocenters. The zero-order valence-corrected chi connectivity index (χ0v) is 12.4. The van der Waals surface area contributed by atoms with E-state index in [1.807, 2.05) is 32.2 Å². The predicted octanol–water partition coefficient (Wildman–Crippen LogP) is 3.13. The molecule has 1 aromatic carbocycles. The highest BCUT2D eigenvalue weighted by molar-refractivity contribution is 6.35. The monoisotopic (exact) mass is 291 g/mol. The first-order valence-electron chi connectivity index (χ1n) is 6.61. The number of nitrogens with one attached hydrogen (secondary N) is 2. The molecule has 0 unspecified atom stereocenters. The van der Waals surface area contributed by atoms with E-state index in [0.29, 0.717) is 17.1 Å². The summed E-state index contributed by atoms with van der Waals surface area (Å²) in [5.74, 6) is -0.0313. The molecular weight excluding hydrogens is 274 g/mol. The number of nitrogens with zero attached hydrogens (tertiary/aromatic N) is 1. The lowest BCUT2D eigenvalue weighted by molar-refractivity contribution is -0.116. The summed E-state index contributed by atoms with van der Waals surface area (Å²) >= 11 is 6.26. The number of carbonyl (C=O) groups excluding carboxylic acids is 1. The highest BCUT2D eigenvalue weighted by Crippen LogP contribution is 2.32. The van der Waals surface area contributed by atoms with Crippen molar-refractivity contribution in [3.63, 3.8) is 0 Å². The molecule has 0 spiro atoms. The van der Waals surface area contributed by atoms with Gasteiger partial charge in [0.25, 0.3) is 0 Å². The topological polar surface area (TPSA) is 54.0 Å². The fraction of sp³-hybridized carbons (Fsp3) is 0.333. The normalized spacial score (nSPS) is 10.8. The Morgan fingerprint density at radius 3 is 3.00 bits per heavy atom. The maximum Gasteiger partial charge on any atom is 0.224 e. The van der Waals surface area contributed by atoms with Gasteiger partial charge in [0.2, 0.25) is 5.91 Å². The van der Waals surface area contributed by atoms with E-state index in [1.54, 1.807) is 6.20 Å². The Morgan fingerprint density at radius 2 is 2.25 bits per heavy atom. The molecule has 1 amide bonds. The first-order chi connectivity index (χ1) is 9.63. The van der Waals surface area contributed by atoms with Gasteiger partial charge < -0.3 is 10.6 Å². The van der Waals surface area contributed by atoms with Crippen molar-refractivity contribution in [3.8, 4) is 0 Å². The van der Waals surface area contributed by atoms with E-state index in [0.717, 1.165) is 29.4 Å². The van der Waals surface area contributed by atoms with Crippen molar-refractivity contribution >= 4 is 34.1 Å². The van der Waals surface area contributed by atoms with Crippen LogP contribution in [-0.2, 0) is 4.79 Å². The molecule has 106 valence electrons. The molecule has 0 aliphatic carbocycles. The first-order valence-corrected chi connectivity index (χ1v) is 6.99. The van der Waals surface area contributed by atoms with Crippen LogP contribution in [-0.4, -0.2) is 24.5 Å². The summed E-state index contributed by atoms with van der Waals surface area (Å²) in [6.45, 7) is 2.77. The second kappa shape index (κ2) is 6.68. The molecule has 0 aliphatic rings. The van der Waals surface area contributed by atoms with E-state index in [9.17, 15) is 4.79 Å². The summed E-state index contributed by atoms with van der Waals surface area (Å²) in [7, 11) is 1.87. The maximum atomic E-state index is 12.0. The van der Waals surface area contributed by atoms with Crippen LogP contribution in [0.15, 0.2) is 24.4 Å². The Hall–Kier alpha value is -1.65. The number of amides is 1. The molecule has 0 aliphatic heterocycles. The molecule has 0 radical (unpaired) electrons. The zero-order valence-electron chi connectivity index (χ0n) is 11.7. The van der Waals surface area contributed by atoms with Gasteiger partial charge in [-0.3, -0.25) is 9.78 Å². The van der Waals surface area contributed by atoms with Gasteiger partial charge in [-0.25, -0.2) is 0 Å². The molecule has 0 bridgehead atoms. The highest BCUT2D eigenvalue weighted by atomic mass is 35.5. The number of anilines is 1. The number of aryl methyl sites for hydroxylation is 1. The lowest BCUT2D eigenvalue weighted by atomic mass is 10.1. The Morgan fingerprint density at radius 1 is 1.45 bits per heavy atom. The van der Waals surface area contributed by atoms with Crippen molar-refractivity contribution in [2.45, 2.75) is 19.8 Å². The van der Waals surface area contributed by atoms with Crippen LogP contribution in [0.3, 0.4) is 0 Å². The van der Waals surface area contributed by atoms with Crippen LogP contribution >= 0.6 is 11.6 Å². The quantitative estimate of drug-likeness (QED) is 0.832. The van der Waals surface area contributed by atoms with Gasteiger partial charge in [-0.1, -0.05) is 11.6 Å². The number of fused-ring (bicyclic) bond motifs is 1. The number of hydrogen-bond acceptors (Lipinski definition) is 3. The number of aromatic nitrogens is 1. The van der Waals surface area contributed by atoms with Crippen LogP contribution in [0.25, 0.3) is 10.9 Å². The number of halogens is 1. The molecule has 20 heavy (non-hydrogen) atoms. The number of rotatable bonds is 5. The number of carbonyl (C=O) groups is 1. The number of hydrogen-bond donors (Lipinski definition) is 2. The van der Waals surface area contributed by atoms with Crippen molar-refractivity contribution in [2.24, 2.45) is 0 Å². The average Bonchev–Trinajstić information content (AvgIpc) is 2.44. The standard InChI is InChI=1S/C15H18ClN3O/c1-10-9-12(16)15(11-5-3-8-18-14(10)11)19-13(20)6-4-7-17-2/h3,5,8-9,17H,4,6-7H2,1-2H3,(H,19,20). The third kappa shape index (κ3) is 3.26. The van der Waals surface area contributed by atoms with Crippen LogP contribution in [0.5, 0.6) is 0 Å². The fourth-order valence-corrected chi connectivity index (χ4v) is 2.45. The summed E-state index contributed by atoms with van der Waals surface area (Å²) in [5, 5.41) is 7.34. The van der Waals surface area contributed by atoms with Gasteiger partial charge in [0.1, 0.15) is 0 Å². The zero-order chi connectivity index (χ0) is 14.5. The van der Waals surface area contributed by atoms with Gasteiger partial charge in [-0.15, -0.1) is 0 Å². The summed E-state index contributed by atoms with van der Waals surface area (Å²) in [5.41, 5.74) is 2.51. The summed E-state index contributed by atoms with van der Waals surface area (Å²) in [6.07, 6.45) is 3.00. The summed E-state index contributed by atoms with van der Waals surface area (Å²) in [4.78, 5) is 16.3. The van der Waals surface area contributed by atoms with E-state index in [-0.39, 0.29) is 5.91 Å². The van der Waals surface area contributed by atoms with Crippen LogP contribution in [0.2, 0.25) is 5.02 Å². The van der Waals surface area contributed by atoms with Crippen molar-refractivity contribution in [2.75, 3.05) is 18.9 Å². The average molecular weight is 292 g/mol. The molecule has 2 aromatic rings. The van der Waals surface area contributed by atoms with E-state index in [4.69, 9.17) is 11.6 Å². The minimum atomic E-state index is -0.0313. The molecule has 4 nitrogen and oxygen atoms in total. The van der Waals surface area contributed by atoms with Gasteiger partial charge >= 0.3 is 0 Å². The third-order valence-corrected chi connectivity index (χ3v) is 3.43. The van der Waals surface area contributed by atoms with Crippen LogP contribution < -0.4 is 10.6 Å². The van der Waals surface area contributed by atoms with E-state index in [1.165, 1.54) is 0 Å². The van der Waals surface area contributed by atoms with Crippen LogP contribution in [0, 0.1) is 6.92 Å². The fourth-order valence-electron chi connectivity index (χ4n) is 2.14. The molecule has 0 saturated carbocycles. The van der Waals surface area contributed by atoms with Crippen molar-refractivity contribution in [1.82, 2.24) is 10.3 Å². The minimum Gasteiger partial charge on any atom is -0.324 e. The highest BCUT2D eigenvalue weighted by Gasteiger charge is 2.12. The first kappa shape index (κ1) is 14.8. The molecule has 2 N–H and O–H groups in total. The maximum absolute atomic E-state index is 12.0. The van der Waals surface area contributed by atoms with Gasteiger partial charge in [0.05, 0.1) is 16.2 Å². The summed E-state index contributed by atoms with van der Waals surface area (Å²) in [6, 6.07) is 5.60. The van der Waals surface area contributed by atoms with Gasteiger partial charge in [-0.05, 0) is 50.7 Å². The molecule has 1 heterocycles. The molecular formula is C15H18ClN3O. The smallest absolute Gasteiger partial charge is 0.224 e. The second-order valence-electron chi connectivity index (χ2n) is 4.71. The molecule has 5 heteroatoms. The molecule has 0 fully saturated rings. The molecule has 1 aromatic heterocycles. The van der Waals surface area contributed by atoms with Crippen molar-refractivity contribution in [3.05, 3.63) is 35.0 Å². The number of pyridine rings is 1. The summed E-state index contributed by atoms with van der Waals surface area (Å²) < 4.78 is 0. The van der Waals surface area contributed by atoms with Gasteiger partial charge in [-0.2, -0.15) is 0 Å². The Kier molecular flexibility index (Phi) is 4.93. The Bertz CT molecular complexity index is 628. The largest absolute Gasteiger partial charge is 0.324 e. The van der Waals surface area contributed by atoms with Crippen LogP contribution in [0.1, 0.15) is 18.4 Å². The SMILES string of the molecule is CNCCCC(=O)Nc1c(Cl)cc(C)c2ncccc12. The van der Waals surface area contributed by atoms with Crippen molar-refractivity contribution in [1.29, 1.82) is 0 Å². The van der Waals surface area contributed by atoms with E-state index < -0.39 is 0 Å². The molecule has 2 rings (SSSR count). The van der Waals surface area contributed by atoms with Gasteiger partial charge in [0.15, 0.2) is 0 Å². The van der Waals surface area contributed by atoms with Crippen LogP contribution in [0.4, 0.5) is 5.69 Å². The van der Waals surface area contributed by atoms with E-state index >= 15 is 0 Å². The third-order valence-electron chi connectivity index (χ3n) is 3.13. The Balaban J connectivity index is 2.27. The van der Waals surface area contributed by atoms with E-state index in [2.05, 4.69) is 15.6 Å².